The van der Waals surface area contributed by atoms with Crippen molar-refractivity contribution in [1.82, 2.24) is 19.5 Å². The van der Waals surface area contributed by atoms with Gasteiger partial charge in [-0.3, -0.25) is 13.9 Å². The normalized spacial score (nSPS) is 39.6. The van der Waals surface area contributed by atoms with E-state index in [1.807, 2.05) is 0 Å². The number of aliphatic hydroxyl groups is 8. The summed E-state index contributed by atoms with van der Waals surface area (Å²) in [5.74, 6) is -1.41. The van der Waals surface area contributed by atoms with Gasteiger partial charge >= 0.3 is 16.4 Å². The van der Waals surface area contributed by atoms with Crippen LogP contribution in [0.4, 0.5) is 5.82 Å². The highest BCUT2D eigenvalue weighted by atomic mass is 32.3. The standard InChI is InChI=1S/C25H39N7O18S/c26-6(1-33)24(41)48-20-18(45-3-8-12(36)14(38)23(46-8)32-5-31-10-21(28)29-4-30-22(10)32)15(39)17(16(40)19(20)50-51(42,43)44)49-25-9(27)13(37)11(35)7(2-34)47-25/h4-9,11-20,23,25,33-40H,1-3,26-27H2,(H2,28,29,30)(H,42,43,44)/t6-,7?,8?,9?,11?,12?,13?,14?,15?,16?,17?,18?,19?,20?,23?,25?/m1/s1. The van der Waals surface area contributed by atoms with Gasteiger partial charge in [0.25, 0.3) is 0 Å². The quantitative estimate of drug-likeness (QED) is 0.0706. The maximum Gasteiger partial charge on any atom is 0.397 e. The largest absolute Gasteiger partial charge is 0.455 e. The molecule has 15 N–H and O–H groups in total. The highest BCUT2D eigenvalue weighted by Crippen LogP contribution is 2.36. The van der Waals surface area contributed by atoms with Gasteiger partial charge in [0.1, 0.15) is 85.0 Å². The summed E-state index contributed by atoms with van der Waals surface area (Å²) in [5, 5.41) is 83.9. The summed E-state index contributed by atoms with van der Waals surface area (Å²) < 4.78 is 67.0. The SMILES string of the molecule is Nc1ncnc2c1ncn2C1OC(COC2C(O)C(OC3OC(CO)C(O)C(O)C3N)C(O)C(OS(=O)(=O)O)C2OC(=O)[C@H](N)CO)C(O)C1O. The fraction of sp³-hybridized carbons (Fsp3) is 0.760. The molecule has 2 aromatic heterocycles. The number of esters is 1. The molecule has 26 heteroatoms. The molecule has 0 radical (unpaired) electrons. The second-order valence-corrected chi connectivity index (χ2v) is 13.0. The minimum atomic E-state index is -5.50. The van der Waals surface area contributed by atoms with E-state index < -0.39 is 134 Å². The molecule has 1 aliphatic carbocycles. The Kier molecular flexibility index (Phi) is 12.0. The topological polar surface area (TPSA) is 410 Å². The Labute approximate surface area is 287 Å². The summed E-state index contributed by atoms with van der Waals surface area (Å²) in [6, 6.07) is -3.34. The van der Waals surface area contributed by atoms with E-state index >= 15 is 0 Å². The lowest BCUT2D eigenvalue weighted by Gasteiger charge is -2.48. The molecule has 0 amide bonds. The monoisotopic (exact) mass is 757 g/mol. The summed E-state index contributed by atoms with van der Waals surface area (Å²) in [4.78, 5) is 24.6. The van der Waals surface area contributed by atoms with E-state index in [0.29, 0.717) is 0 Å². The van der Waals surface area contributed by atoms with Crippen LogP contribution in [0.5, 0.6) is 0 Å². The van der Waals surface area contributed by atoms with Crippen LogP contribution < -0.4 is 17.2 Å². The molecule has 3 aliphatic rings. The molecule has 25 nitrogen and oxygen atoms in total. The molecule has 288 valence electrons. The van der Waals surface area contributed by atoms with Gasteiger partial charge in [-0.05, 0) is 0 Å². The first-order chi connectivity index (χ1) is 24.0. The summed E-state index contributed by atoms with van der Waals surface area (Å²) in [7, 11) is -5.50. The third-order valence-corrected chi connectivity index (χ3v) is 9.11. The Hall–Kier alpha value is -2.87. The zero-order valence-corrected chi connectivity index (χ0v) is 27.0. The highest BCUT2D eigenvalue weighted by Gasteiger charge is 2.58. The number of anilines is 1. The number of nitrogens with two attached hydrogens (primary N) is 3. The third kappa shape index (κ3) is 7.91. The molecular weight excluding hydrogens is 718 g/mol. The first-order valence-corrected chi connectivity index (χ1v) is 16.5. The van der Waals surface area contributed by atoms with Crippen molar-refractivity contribution >= 4 is 33.4 Å². The second kappa shape index (κ2) is 15.6. The lowest BCUT2D eigenvalue weighted by Crippen LogP contribution is -2.70. The van der Waals surface area contributed by atoms with E-state index in [2.05, 4.69) is 19.1 Å². The molecule has 0 aromatic carbocycles. The van der Waals surface area contributed by atoms with E-state index in [0.717, 1.165) is 6.33 Å². The lowest BCUT2D eigenvalue weighted by atomic mass is 9.84. The number of imidazole rings is 1. The Morgan fingerprint density at radius 3 is 2.22 bits per heavy atom. The molecule has 16 atom stereocenters. The smallest absolute Gasteiger partial charge is 0.397 e. The molecule has 15 unspecified atom stereocenters. The van der Waals surface area contributed by atoms with Crippen LogP contribution in [0, 0.1) is 0 Å². The Balaban J connectivity index is 1.44. The molecule has 3 fully saturated rings. The van der Waals surface area contributed by atoms with Gasteiger partial charge in [-0.25, -0.2) is 19.1 Å². The molecule has 2 aliphatic heterocycles. The highest BCUT2D eigenvalue weighted by molar-refractivity contribution is 7.80. The number of hydrogen-bond donors (Lipinski definition) is 12. The van der Waals surface area contributed by atoms with Crippen LogP contribution in [0.2, 0.25) is 0 Å². The number of hydrogen-bond acceptors (Lipinski definition) is 23. The van der Waals surface area contributed by atoms with Gasteiger partial charge in [0.2, 0.25) is 0 Å². The zero-order chi connectivity index (χ0) is 37.5. The Morgan fingerprint density at radius 1 is 0.902 bits per heavy atom. The second-order valence-electron chi connectivity index (χ2n) is 12.0. The average Bonchev–Trinajstić information content (AvgIpc) is 3.64. The zero-order valence-electron chi connectivity index (χ0n) is 26.1. The summed E-state index contributed by atoms with van der Waals surface area (Å²) >= 11 is 0. The third-order valence-electron chi connectivity index (χ3n) is 8.65. The molecule has 4 heterocycles. The van der Waals surface area contributed by atoms with Crippen LogP contribution in [0.1, 0.15) is 6.23 Å². The number of fused-ring (bicyclic) bond motifs is 1. The molecule has 0 spiro atoms. The van der Waals surface area contributed by atoms with Crippen molar-refractivity contribution in [2.24, 2.45) is 11.5 Å². The van der Waals surface area contributed by atoms with Crippen LogP contribution in [0.15, 0.2) is 12.7 Å². The fourth-order valence-corrected chi connectivity index (χ4v) is 6.43. The molecular formula is C25H39N7O18S. The van der Waals surface area contributed by atoms with Crippen molar-refractivity contribution in [3.05, 3.63) is 12.7 Å². The van der Waals surface area contributed by atoms with E-state index in [1.165, 1.54) is 10.9 Å². The van der Waals surface area contributed by atoms with Gasteiger partial charge in [-0.15, -0.1) is 0 Å². The van der Waals surface area contributed by atoms with Gasteiger partial charge in [-0.2, -0.15) is 8.42 Å². The van der Waals surface area contributed by atoms with Crippen LogP contribution in [-0.2, 0) is 43.1 Å². The molecule has 1 saturated carbocycles. The number of rotatable bonds is 12. The van der Waals surface area contributed by atoms with Crippen LogP contribution in [0.25, 0.3) is 11.2 Å². The summed E-state index contributed by atoms with van der Waals surface area (Å²) in [6.07, 6.45) is -23.8. The number of aromatic nitrogens is 4. The Bertz CT molecular complexity index is 1620. The average molecular weight is 758 g/mol. The van der Waals surface area contributed by atoms with Crippen LogP contribution >= 0.6 is 0 Å². The number of nitrogens with zero attached hydrogens (tertiary/aromatic N) is 4. The number of carbonyl (C=O) groups excluding carboxylic acids is 1. The number of ether oxygens (including phenoxy) is 5. The van der Waals surface area contributed by atoms with Gasteiger partial charge < -0.3 is 81.7 Å². The van der Waals surface area contributed by atoms with Crippen LogP contribution in [-0.4, -0.2) is 191 Å². The van der Waals surface area contributed by atoms with E-state index in [9.17, 15) is 58.6 Å². The predicted octanol–water partition coefficient (Wildman–Crippen LogP) is -8.28. The first-order valence-electron chi connectivity index (χ1n) is 15.2. The van der Waals surface area contributed by atoms with E-state index in [4.69, 9.17) is 40.9 Å². The first kappa shape index (κ1) is 39.3. The van der Waals surface area contributed by atoms with Crippen molar-refractivity contribution in [3.8, 4) is 0 Å². The molecule has 2 aromatic rings. The maximum atomic E-state index is 12.7. The number of aliphatic hydroxyl groups excluding tert-OH is 8. The summed E-state index contributed by atoms with van der Waals surface area (Å²) in [6.45, 7) is -2.61. The van der Waals surface area contributed by atoms with Gasteiger partial charge in [0, 0.05) is 0 Å². The predicted molar refractivity (Wildman–Crippen MR) is 159 cm³/mol. The van der Waals surface area contributed by atoms with Gasteiger partial charge in [-0.1, -0.05) is 0 Å². The van der Waals surface area contributed by atoms with Crippen LogP contribution in [0.3, 0.4) is 0 Å². The lowest BCUT2D eigenvalue weighted by molar-refractivity contribution is -0.319. The van der Waals surface area contributed by atoms with Gasteiger partial charge in [0.15, 0.2) is 30.1 Å². The van der Waals surface area contributed by atoms with Crippen molar-refractivity contribution in [2.45, 2.75) is 97.8 Å². The van der Waals surface area contributed by atoms with E-state index in [1.54, 1.807) is 0 Å². The van der Waals surface area contributed by atoms with Crippen molar-refractivity contribution in [2.75, 3.05) is 25.6 Å². The van der Waals surface area contributed by atoms with Gasteiger partial charge in [0.05, 0.1) is 32.2 Å². The minimum Gasteiger partial charge on any atom is -0.455 e. The molecule has 5 rings (SSSR count). The van der Waals surface area contributed by atoms with E-state index in [-0.39, 0.29) is 17.0 Å². The maximum absolute atomic E-state index is 12.7. The van der Waals surface area contributed by atoms with Crippen molar-refractivity contribution < 1.29 is 86.5 Å². The molecule has 2 saturated heterocycles. The van der Waals surface area contributed by atoms with Crippen molar-refractivity contribution in [3.63, 3.8) is 0 Å². The summed E-state index contributed by atoms with van der Waals surface area (Å²) in [5.41, 5.74) is 17.5. The number of nitrogen functional groups attached to an aromatic ring is 1. The Morgan fingerprint density at radius 2 is 1.57 bits per heavy atom. The molecule has 0 bridgehead atoms. The minimum absolute atomic E-state index is 0.0113. The molecule has 51 heavy (non-hydrogen) atoms. The number of carbonyl (C=O) groups is 1. The van der Waals surface area contributed by atoms with Crippen molar-refractivity contribution in [1.29, 1.82) is 0 Å². The fourth-order valence-electron chi connectivity index (χ4n) is 5.93.